The molecule has 1 saturated carbocycles. The summed E-state index contributed by atoms with van der Waals surface area (Å²) in [5.74, 6) is -0.802. The number of nitrogens with one attached hydrogen (secondary N) is 1. The Morgan fingerprint density at radius 1 is 0.976 bits per heavy atom. The zero-order valence-electron chi connectivity index (χ0n) is 24.9. The van der Waals surface area contributed by atoms with Crippen molar-refractivity contribution in [2.75, 3.05) is 25.0 Å². The Hall–Kier alpha value is -3.71. The topological polar surface area (TPSA) is 95.7 Å². The Bertz CT molecular complexity index is 1520. The summed E-state index contributed by atoms with van der Waals surface area (Å²) < 4.78 is 0. The van der Waals surface area contributed by atoms with Gasteiger partial charge in [-0.25, -0.2) is 0 Å². The number of benzene rings is 3. The molecule has 3 amide bonds. The van der Waals surface area contributed by atoms with E-state index in [4.69, 9.17) is 5.73 Å². The quantitative estimate of drug-likeness (QED) is 0.438. The molecular weight excluding hydrogens is 524 g/mol. The molecule has 3 N–H and O–H groups in total. The Morgan fingerprint density at radius 3 is 2.38 bits per heavy atom. The second-order valence-corrected chi connectivity index (χ2v) is 13.0. The van der Waals surface area contributed by atoms with E-state index in [0.717, 1.165) is 34.0 Å². The molecule has 0 radical (unpaired) electrons. The van der Waals surface area contributed by atoms with Gasteiger partial charge < -0.3 is 20.9 Å². The van der Waals surface area contributed by atoms with Gasteiger partial charge in [-0.15, -0.1) is 0 Å². The zero-order chi connectivity index (χ0) is 29.6. The minimum atomic E-state index is -0.910. The van der Waals surface area contributed by atoms with Gasteiger partial charge in [0.2, 0.25) is 17.7 Å². The number of hydrogen-bond acceptors (Lipinski definition) is 4. The lowest BCUT2D eigenvalue weighted by atomic mass is 9.69. The highest BCUT2D eigenvalue weighted by Gasteiger charge is 2.53. The molecule has 220 valence electrons. The van der Waals surface area contributed by atoms with Gasteiger partial charge in [0.25, 0.3) is 0 Å². The second-order valence-electron chi connectivity index (χ2n) is 13.0. The minimum absolute atomic E-state index is 0.00501. The van der Waals surface area contributed by atoms with E-state index >= 15 is 0 Å². The number of carbonyl (C=O) groups excluding carboxylic acids is 3. The van der Waals surface area contributed by atoms with Crippen LogP contribution in [-0.2, 0) is 26.2 Å². The molecule has 1 saturated heterocycles. The van der Waals surface area contributed by atoms with Gasteiger partial charge in [-0.3, -0.25) is 14.4 Å². The average Bonchev–Trinajstić information content (AvgIpc) is 3.53. The summed E-state index contributed by atoms with van der Waals surface area (Å²) in [7, 11) is 1.91. The Morgan fingerprint density at radius 2 is 1.67 bits per heavy atom. The highest BCUT2D eigenvalue weighted by molar-refractivity contribution is 6.08. The van der Waals surface area contributed by atoms with E-state index in [1.165, 1.54) is 0 Å². The first-order valence-electron chi connectivity index (χ1n) is 15.3. The SMILES string of the molecule is CNC1CCC(C(N)=O)([C@H](Cc2cccc3ccccc23)C(=O)N2CCC(N3C(=O)C(C)(C)c4ccccc43)CC2)C1. The smallest absolute Gasteiger partial charge is 0.237 e. The first kappa shape index (κ1) is 28.4. The first-order chi connectivity index (χ1) is 20.2. The minimum Gasteiger partial charge on any atom is -0.369 e. The average molecular weight is 567 g/mol. The number of hydrogen-bond donors (Lipinski definition) is 2. The molecule has 42 heavy (non-hydrogen) atoms. The highest BCUT2D eigenvalue weighted by atomic mass is 16.2. The van der Waals surface area contributed by atoms with Crippen LogP contribution in [0.4, 0.5) is 5.69 Å². The van der Waals surface area contributed by atoms with E-state index in [9.17, 15) is 14.4 Å². The van der Waals surface area contributed by atoms with E-state index in [-0.39, 0.29) is 29.8 Å². The van der Waals surface area contributed by atoms with Crippen LogP contribution in [0, 0.1) is 11.3 Å². The predicted molar refractivity (Wildman–Crippen MR) is 166 cm³/mol. The summed E-state index contributed by atoms with van der Waals surface area (Å²) in [5.41, 5.74) is 7.84. The van der Waals surface area contributed by atoms with Gasteiger partial charge in [0, 0.05) is 30.9 Å². The Balaban J connectivity index is 1.28. The molecule has 2 unspecified atom stereocenters. The lowest BCUT2D eigenvalue weighted by Crippen LogP contribution is -2.54. The summed E-state index contributed by atoms with van der Waals surface area (Å²) in [6, 6.07) is 22.6. The monoisotopic (exact) mass is 566 g/mol. The number of nitrogens with two attached hydrogens (primary N) is 1. The van der Waals surface area contributed by atoms with Gasteiger partial charge in [0.05, 0.1) is 16.7 Å². The molecule has 2 heterocycles. The number of nitrogens with zero attached hydrogens (tertiary/aromatic N) is 2. The maximum atomic E-state index is 14.5. The standard InChI is InChI=1S/C35H42N4O3/c1-34(2)28-13-6-7-14-30(28)39(33(34)42)26-16-19-38(20-17-26)31(40)29(35(32(36)41)18-15-25(22-35)37-3)21-24-11-8-10-23-9-4-5-12-27(23)24/h4-14,25-26,29,37H,15-22H2,1-3H3,(H2,36,41)/t25?,29-,35?/m1/s1. The molecule has 0 spiro atoms. The van der Waals surface area contributed by atoms with Crippen LogP contribution in [0.3, 0.4) is 0 Å². The molecule has 3 aromatic rings. The molecule has 1 aliphatic carbocycles. The van der Waals surface area contributed by atoms with Crippen molar-refractivity contribution in [2.45, 2.75) is 69.9 Å². The van der Waals surface area contributed by atoms with E-state index < -0.39 is 16.7 Å². The fraction of sp³-hybridized carbons (Fsp3) is 0.457. The zero-order valence-corrected chi connectivity index (χ0v) is 24.9. The predicted octanol–water partition coefficient (Wildman–Crippen LogP) is 4.56. The van der Waals surface area contributed by atoms with Gasteiger partial charge in [-0.2, -0.15) is 0 Å². The van der Waals surface area contributed by atoms with Crippen molar-refractivity contribution in [3.05, 3.63) is 77.9 Å². The molecule has 7 heteroatoms. The molecule has 3 atom stereocenters. The lowest BCUT2D eigenvalue weighted by molar-refractivity contribution is -0.148. The van der Waals surface area contributed by atoms with Crippen LogP contribution < -0.4 is 16.0 Å². The number of rotatable bonds is 7. The van der Waals surface area contributed by atoms with E-state index in [1.807, 2.05) is 73.2 Å². The van der Waals surface area contributed by atoms with Crippen LogP contribution in [0.2, 0.25) is 0 Å². The summed E-state index contributed by atoms with van der Waals surface area (Å²) in [6.07, 6.45) is 3.83. The fourth-order valence-electron chi connectivity index (χ4n) is 7.91. The first-order valence-corrected chi connectivity index (χ1v) is 15.3. The summed E-state index contributed by atoms with van der Waals surface area (Å²) in [6.45, 7) is 5.08. The van der Waals surface area contributed by atoms with Gasteiger partial charge >= 0.3 is 0 Å². The third-order valence-corrected chi connectivity index (χ3v) is 10.4. The number of primary amides is 1. The summed E-state index contributed by atoms with van der Waals surface area (Å²) in [5, 5.41) is 5.55. The Labute approximate surface area is 248 Å². The van der Waals surface area contributed by atoms with Gasteiger partial charge in [-0.05, 0) is 87.4 Å². The van der Waals surface area contributed by atoms with Crippen LogP contribution in [-0.4, -0.2) is 54.8 Å². The number of likely N-dealkylation sites (tertiary alicyclic amines) is 1. The van der Waals surface area contributed by atoms with Crippen molar-refractivity contribution < 1.29 is 14.4 Å². The fourth-order valence-corrected chi connectivity index (χ4v) is 7.91. The summed E-state index contributed by atoms with van der Waals surface area (Å²) in [4.78, 5) is 45.3. The van der Waals surface area contributed by atoms with Crippen molar-refractivity contribution >= 4 is 34.2 Å². The number of anilines is 1. The molecule has 3 aliphatic rings. The molecule has 2 aliphatic heterocycles. The van der Waals surface area contributed by atoms with Gasteiger partial charge in [0.1, 0.15) is 0 Å². The maximum absolute atomic E-state index is 14.5. The third-order valence-electron chi connectivity index (χ3n) is 10.4. The van der Waals surface area contributed by atoms with Crippen LogP contribution in [0.25, 0.3) is 10.8 Å². The molecule has 0 bridgehead atoms. The Kier molecular flexibility index (Phi) is 7.34. The van der Waals surface area contributed by atoms with E-state index in [2.05, 4.69) is 29.6 Å². The van der Waals surface area contributed by atoms with Crippen molar-refractivity contribution in [1.29, 1.82) is 0 Å². The molecular formula is C35H42N4O3. The second kappa shape index (κ2) is 10.8. The van der Waals surface area contributed by atoms with Crippen LogP contribution >= 0.6 is 0 Å². The van der Waals surface area contributed by atoms with Gasteiger partial charge in [-0.1, -0.05) is 60.7 Å². The molecule has 6 rings (SSSR count). The third kappa shape index (κ3) is 4.58. The molecule has 0 aromatic heterocycles. The van der Waals surface area contributed by atoms with Gasteiger partial charge in [0.15, 0.2) is 0 Å². The van der Waals surface area contributed by atoms with Crippen LogP contribution in [0.15, 0.2) is 66.7 Å². The number of carbonyl (C=O) groups is 3. The van der Waals surface area contributed by atoms with E-state index in [1.54, 1.807) is 0 Å². The molecule has 2 fully saturated rings. The highest BCUT2D eigenvalue weighted by Crippen LogP contribution is 2.48. The largest absolute Gasteiger partial charge is 0.369 e. The molecule has 3 aromatic carbocycles. The number of fused-ring (bicyclic) bond motifs is 2. The maximum Gasteiger partial charge on any atom is 0.237 e. The van der Waals surface area contributed by atoms with Crippen LogP contribution in [0.5, 0.6) is 0 Å². The number of piperidine rings is 1. The van der Waals surface area contributed by atoms with Crippen molar-refractivity contribution in [1.82, 2.24) is 10.2 Å². The number of para-hydroxylation sites is 1. The van der Waals surface area contributed by atoms with Crippen LogP contribution in [0.1, 0.15) is 57.1 Å². The van der Waals surface area contributed by atoms with Crippen molar-refractivity contribution in [3.8, 4) is 0 Å². The van der Waals surface area contributed by atoms with Crippen molar-refractivity contribution in [3.63, 3.8) is 0 Å². The summed E-state index contributed by atoms with van der Waals surface area (Å²) >= 11 is 0. The lowest BCUT2D eigenvalue weighted by Gasteiger charge is -2.42. The van der Waals surface area contributed by atoms with E-state index in [0.29, 0.717) is 45.2 Å². The number of amides is 3. The van der Waals surface area contributed by atoms with Crippen molar-refractivity contribution in [2.24, 2.45) is 17.1 Å². The normalized spacial score (nSPS) is 24.6. The molecule has 7 nitrogen and oxygen atoms in total.